The van der Waals surface area contributed by atoms with E-state index in [1.54, 1.807) is 6.20 Å². The second-order valence-electron chi connectivity index (χ2n) is 6.04. The number of pyridine rings is 1. The van der Waals surface area contributed by atoms with Crippen LogP contribution in [0.1, 0.15) is 41.7 Å². The number of hydrogen-bond donors (Lipinski definition) is 1. The smallest absolute Gasteiger partial charge is 0.271 e. The minimum absolute atomic E-state index is 0.194. The number of likely N-dealkylation sites (tertiary alicyclic amines) is 1. The lowest BCUT2D eigenvalue weighted by Crippen LogP contribution is -2.38. The summed E-state index contributed by atoms with van der Waals surface area (Å²) in [7, 11) is 0. The molecular formula is C17H22N4O2. The molecule has 1 N–H and O–H groups in total. The predicted molar refractivity (Wildman–Crippen MR) is 87.3 cm³/mol. The highest BCUT2D eigenvalue weighted by Gasteiger charge is 2.17. The van der Waals surface area contributed by atoms with E-state index in [0.717, 1.165) is 37.0 Å². The number of rotatable bonds is 4. The monoisotopic (exact) mass is 314 g/mol. The summed E-state index contributed by atoms with van der Waals surface area (Å²) in [5.41, 5.74) is 2.27. The minimum Gasteiger partial charge on any atom is -0.349 e. The van der Waals surface area contributed by atoms with E-state index in [-0.39, 0.29) is 11.8 Å². The molecule has 1 saturated heterocycles. The molecule has 6 nitrogen and oxygen atoms in total. The molecule has 1 aliphatic heterocycles. The lowest BCUT2D eigenvalue weighted by atomic mass is 10.2. The molecule has 3 heterocycles. The Morgan fingerprint density at radius 1 is 1.35 bits per heavy atom. The maximum atomic E-state index is 12.2. The molecule has 0 saturated carbocycles. The molecule has 2 amide bonds. The molecule has 23 heavy (non-hydrogen) atoms. The Morgan fingerprint density at radius 3 is 3.09 bits per heavy atom. The third-order valence-electron chi connectivity index (χ3n) is 4.19. The van der Waals surface area contributed by atoms with Crippen LogP contribution in [-0.4, -0.2) is 45.7 Å². The highest BCUT2D eigenvalue weighted by molar-refractivity contribution is 5.92. The number of aryl methyl sites for hydroxylation is 1. The molecule has 0 spiro atoms. The average molecular weight is 314 g/mol. The van der Waals surface area contributed by atoms with Crippen molar-refractivity contribution in [2.24, 2.45) is 0 Å². The Balaban J connectivity index is 1.56. The molecule has 0 atom stereocenters. The van der Waals surface area contributed by atoms with Crippen LogP contribution in [0.2, 0.25) is 0 Å². The Morgan fingerprint density at radius 2 is 2.22 bits per heavy atom. The van der Waals surface area contributed by atoms with Gasteiger partial charge in [0, 0.05) is 38.4 Å². The Labute approximate surface area is 135 Å². The van der Waals surface area contributed by atoms with Gasteiger partial charge in [-0.05, 0) is 37.5 Å². The lowest BCUT2D eigenvalue weighted by Gasteiger charge is -2.20. The van der Waals surface area contributed by atoms with Crippen molar-refractivity contribution in [1.29, 1.82) is 0 Å². The first-order valence-corrected chi connectivity index (χ1v) is 8.15. The molecule has 0 bridgehead atoms. The van der Waals surface area contributed by atoms with Gasteiger partial charge in [0.2, 0.25) is 5.91 Å². The van der Waals surface area contributed by atoms with E-state index in [4.69, 9.17) is 0 Å². The van der Waals surface area contributed by atoms with Crippen LogP contribution in [0.15, 0.2) is 24.5 Å². The second kappa shape index (κ2) is 6.81. The van der Waals surface area contributed by atoms with Crippen LogP contribution >= 0.6 is 0 Å². The van der Waals surface area contributed by atoms with Crippen LogP contribution in [0.3, 0.4) is 0 Å². The molecule has 0 radical (unpaired) electrons. The Bertz CT molecular complexity index is 722. The van der Waals surface area contributed by atoms with Gasteiger partial charge >= 0.3 is 0 Å². The van der Waals surface area contributed by atoms with Gasteiger partial charge < -0.3 is 14.6 Å². The number of amides is 2. The van der Waals surface area contributed by atoms with Gasteiger partial charge in [-0.15, -0.1) is 0 Å². The number of aromatic nitrogens is 2. The summed E-state index contributed by atoms with van der Waals surface area (Å²) < 4.78 is 1.83. The summed E-state index contributed by atoms with van der Waals surface area (Å²) in [5.74, 6) is -0.00595. The molecular weight excluding hydrogens is 292 g/mol. The molecule has 0 aromatic carbocycles. The van der Waals surface area contributed by atoms with Crippen molar-refractivity contribution in [2.75, 3.05) is 19.6 Å². The second-order valence-corrected chi connectivity index (χ2v) is 6.04. The molecule has 1 fully saturated rings. The van der Waals surface area contributed by atoms with E-state index < -0.39 is 0 Å². The maximum absolute atomic E-state index is 12.2. The normalized spacial score (nSPS) is 15.7. The molecule has 2 aromatic heterocycles. The minimum atomic E-state index is -0.200. The first-order valence-electron chi connectivity index (χ1n) is 8.15. The zero-order valence-corrected chi connectivity index (χ0v) is 13.4. The topological polar surface area (TPSA) is 66.7 Å². The average Bonchev–Trinajstić information content (AvgIpc) is 2.84. The van der Waals surface area contributed by atoms with Gasteiger partial charge in [-0.1, -0.05) is 6.42 Å². The summed E-state index contributed by atoms with van der Waals surface area (Å²) in [6, 6.07) is 3.91. The van der Waals surface area contributed by atoms with Crippen LogP contribution in [0.25, 0.3) is 5.65 Å². The fraction of sp³-hybridized carbons (Fsp3) is 0.471. The predicted octanol–water partition coefficient (Wildman–Crippen LogP) is 1.78. The molecule has 3 rings (SSSR count). The van der Waals surface area contributed by atoms with Crippen LogP contribution < -0.4 is 5.32 Å². The maximum Gasteiger partial charge on any atom is 0.271 e. The third kappa shape index (κ3) is 3.70. The van der Waals surface area contributed by atoms with Crippen molar-refractivity contribution in [2.45, 2.75) is 32.6 Å². The first kappa shape index (κ1) is 15.5. The fourth-order valence-corrected chi connectivity index (χ4v) is 2.86. The summed E-state index contributed by atoms with van der Waals surface area (Å²) in [6.07, 6.45) is 7.37. The van der Waals surface area contributed by atoms with Crippen molar-refractivity contribution in [1.82, 2.24) is 19.6 Å². The summed E-state index contributed by atoms with van der Waals surface area (Å²) in [4.78, 5) is 30.3. The Hall–Kier alpha value is -2.37. The van der Waals surface area contributed by atoms with E-state index >= 15 is 0 Å². The molecule has 6 heteroatoms. The van der Waals surface area contributed by atoms with Crippen molar-refractivity contribution in [3.8, 4) is 0 Å². The summed E-state index contributed by atoms with van der Waals surface area (Å²) in [6.45, 7) is 3.81. The van der Waals surface area contributed by atoms with Gasteiger partial charge in [-0.2, -0.15) is 0 Å². The van der Waals surface area contributed by atoms with Crippen LogP contribution in [0.5, 0.6) is 0 Å². The van der Waals surface area contributed by atoms with Crippen molar-refractivity contribution < 1.29 is 9.59 Å². The quantitative estimate of drug-likeness (QED) is 0.935. The highest BCUT2D eigenvalue weighted by Crippen LogP contribution is 2.10. The standard InChI is InChI=1S/C17H22N4O2/c1-13-6-9-21-12-14(19-15(21)11-13)17(23)18-7-10-20-8-4-2-3-5-16(20)22/h6,9,11-12H,2-5,7-8,10H2,1H3,(H,18,23). The number of carbonyl (C=O) groups excluding carboxylic acids is 2. The van der Waals surface area contributed by atoms with Crippen molar-refractivity contribution in [3.63, 3.8) is 0 Å². The SMILES string of the molecule is Cc1ccn2cc(C(=O)NCCN3CCCCCC3=O)nc2c1. The van der Waals surface area contributed by atoms with Gasteiger partial charge in [0.1, 0.15) is 11.3 Å². The van der Waals surface area contributed by atoms with Crippen molar-refractivity contribution in [3.05, 3.63) is 35.8 Å². The summed E-state index contributed by atoms with van der Waals surface area (Å²) >= 11 is 0. The zero-order valence-electron chi connectivity index (χ0n) is 13.4. The van der Waals surface area contributed by atoms with E-state index in [0.29, 0.717) is 25.2 Å². The summed E-state index contributed by atoms with van der Waals surface area (Å²) in [5, 5.41) is 2.85. The molecule has 122 valence electrons. The number of fused-ring (bicyclic) bond motifs is 1. The highest BCUT2D eigenvalue weighted by atomic mass is 16.2. The third-order valence-corrected chi connectivity index (χ3v) is 4.19. The lowest BCUT2D eigenvalue weighted by molar-refractivity contribution is -0.130. The number of imidazole rings is 1. The molecule has 2 aromatic rings. The van der Waals surface area contributed by atoms with Crippen LogP contribution in [0.4, 0.5) is 0 Å². The van der Waals surface area contributed by atoms with Gasteiger partial charge in [-0.25, -0.2) is 4.98 Å². The van der Waals surface area contributed by atoms with Gasteiger partial charge in [0.25, 0.3) is 5.91 Å². The van der Waals surface area contributed by atoms with E-state index in [1.807, 2.05) is 34.6 Å². The fourth-order valence-electron chi connectivity index (χ4n) is 2.86. The largest absolute Gasteiger partial charge is 0.349 e. The van der Waals surface area contributed by atoms with E-state index in [1.165, 1.54) is 0 Å². The molecule has 0 unspecified atom stereocenters. The van der Waals surface area contributed by atoms with Gasteiger partial charge in [0.05, 0.1) is 0 Å². The first-order chi connectivity index (χ1) is 11.1. The number of hydrogen-bond acceptors (Lipinski definition) is 3. The molecule has 1 aliphatic rings. The molecule has 0 aliphatic carbocycles. The number of nitrogens with zero attached hydrogens (tertiary/aromatic N) is 3. The Kier molecular flexibility index (Phi) is 4.60. The van der Waals surface area contributed by atoms with E-state index in [9.17, 15) is 9.59 Å². The zero-order chi connectivity index (χ0) is 16.2. The number of nitrogens with one attached hydrogen (secondary N) is 1. The van der Waals surface area contributed by atoms with Gasteiger partial charge in [-0.3, -0.25) is 9.59 Å². The van der Waals surface area contributed by atoms with Crippen molar-refractivity contribution >= 4 is 17.5 Å². The number of carbonyl (C=O) groups is 2. The van der Waals surface area contributed by atoms with E-state index in [2.05, 4.69) is 10.3 Å². The van der Waals surface area contributed by atoms with Crippen LogP contribution in [0, 0.1) is 6.92 Å². The van der Waals surface area contributed by atoms with Crippen LogP contribution in [-0.2, 0) is 4.79 Å². The van der Waals surface area contributed by atoms with Gasteiger partial charge in [0.15, 0.2) is 0 Å².